The smallest absolute Gasteiger partial charge is 0.0427 e. The third-order valence-corrected chi connectivity index (χ3v) is 5.25. The largest absolute Gasteiger partial charge is 0.369 e. The Kier molecular flexibility index (Phi) is 4.23. The van der Waals surface area contributed by atoms with Crippen molar-refractivity contribution >= 4 is 5.69 Å². The van der Waals surface area contributed by atoms with E-state index in [0.29, 0.717) is 6.04 Å². The van der Waals surface area contributed by atoms with Crippen LogP contribution in [0.2, 0.25) is 0 Å². The van der Waals surface area contributed by atoms with Gasteiger partial charge < -0.3 is 10.2 Å². The van der Waals surface area contributed by atoms with Crippen LogP contribution in [0, 0.1) is 0 Å². The van der Waals surface area contributed by atoms with Gasteiger partial charge in [0.25, 0.3) is 0 Å². The first kappa shape index (κ1) is 14.9. The Balaban J connectivity index is 1.80. The minimum atomic E-state index is 0.159. The van der Waals surface area contributed by atoms with Gasteiger partial charge in [0.15, 0.2) is 0 Å². The van der Waals surface area contributed by atoms with Gasteiger partial charge in [0.1, 0.15) is 0 Å². The van der Waals surface area contributed by atoms with Crippen molar-refractivity contribution in [2.45, 2.75) is 45.2 Å². The number of hydrogen-bond donors (Lipinski definition) is 1. The summed E-state index contributed by atoms with van der Waals surface area (Å²) in [4.78, 5) is 5.16. The molecule has 0 radical (unpaired) electrons. The molecule has 1 N–H and O–H groups in total. The molecule has 0 amide bonds. The second-order valence-electron chi connectivity index (χ2n) is 7.00. The molecule has 0 bridgehead atoms. The van der Waals surface area contributed by atoms with Gasteiger partial charge in [-0.1, -0.05) is 18.2 Å². The number of para-hydroxylation sites is 1. The highest BCUT2D eigenvalue weighted by atomic mass is 15.3. The van der Waals surface area contributed by atoms with Crippen LogP contribution in [0.4, 0.5) is 5.69 Å². The maximum atomic E-state index is 3.72. The minimum absolute atomic E-state index is 0.159. The lowest BCUT2D eigenvalue weighted by Crippen LogP contribution is -2.49. The Morgan fingerprint density at radius 2 is 1.81 bits per heavy atom. The Morgan fingerprint density at radius 3 is 2.43 bits per heavy atom. The normalized spacial score (nSPS) is 27.5. The maximum absolute atomic E-state index is 3.72. The summed E-state index contributed by atoms with van der Waals surface area (Å²) >= 11 is 0. The predicted octanol–water partition coefficient (Wildman–Crippen LogP) is 2.82. The zero-order chi connectivity index (χ0) is 14.9. The minimum Gasteiger partial charge on any atom is -0.369 e. The lowest BCUT2D eigenvalue weighted by atomic mass is 9.88. The molecule has 1 aromatic rings. The fraction of sp³-hybridized carbons (Fsp3) is 0.667. The number of benzene rings is 1. The van der Waals surface area contributed by atoms with Crippen molar-refractivity contribution in [3.05, 3.63) is 29.8 Å². The molecule has 1 atom stereocenters. The van der Waals surface area contributed by atoms with Crippen molar-refractivity contribution in [3.8, 4) is 0 Å². The summed E-state index contributed by atoms with van der Waals surface area (Å²) in [6.45, 7) is 12.7. The molecule has 21 heavy (non-hydrogen) atoms. The zero-order valence-electron chi connectivity index (χ0n) is 13.7. The van der Waals surface area contributed by atoms with Crippen molar-refractivity contribution < 1.29 is 0 Å². The highest BCUT2D eigenvalue weighted by Crippen LogP contribution is 2.36. The molecule has 3 nitrogen and oxygen atoms in total. The fourth-order valence-electron chi connectivity index (χ4n) is 3.82. The first-order valence-corrected chi connectivity index (χ1v) is 8.44. The molecule has 2 fully saturated rings. The summed E-state index contributed by atoms with van der Waals surface area (Å²) in [6, 6.07) is 9.67. The Labute approximate surface area is 129 Å². The van der Waals surface area contributed by atoms with E-state index in [2.05, 4.69) is 60.2 Å². The number of hydrogen-bond acceptors (Lipinski definition) is 3. The Morgan fingerprint density at radius 1 is 1.10 bits per heavy atom. The highest BCUT2D eigenvalue weighted by Gasteiger charge is 2.33. The number of anilines is 1. The monoisotopic (exact) mass is 287 g/mol. The summed E-state index contributed by atoms with van der Waals surface area (Å²) in [5, 5.41) is 3.72. The molecule has 0 aromatic heterocycles. The van der Waals surface area contributed by atoms with Gasteiger partial charge in [-0.2, -0.15) is 0 Å². The summed E-state index contributed by atoms with van der Waals surface area (Å²) in [5.74, 6) is 0. The molecule has 3 rings (SSSR count). The second kappa shape index (κ2) is 5.98. The van der Waals surface area contributed by atoms with Crippen LogP contribution >= 0.6 is 0 Å². The summed E-state index contributed by atoms with van der Waals surface area (Å²) < 4.78 is 0. The quantitative estimate of drug-likeness (QED) is 0.922. The van der Waals surface area contributed by atoms with E-state index >= 15 is 0 Å². The number of piperazine rings is 1. The lowest BCUT2D eigenvalue weighted by molar-refractivity contribution is 0.209. The average Bonchev–Trinajstić information content (AvgIpc) is 2.95. The molecule has 2 aliphatic heterocycles. The van der Waals surface area contributed by atoms with Gasteiger partial charge in [0, 0.05) is 43.4 Å². The predicted molar refractivity (Wildman–Crippen MR) is 90.0 cm³/mol. The lowest BCUT2D eigenvalue weighted by Gasteiger charge is -2.40. The first-order chi connectivity index (χ1) is 10.1. The summed E-state index contributed by atoms with van der Waals surface area (Å²) in [6.07, 6.45) is 2.53. The molecular weight excluding hydrogens is 258 g/mol. The van der Waals surface area contributed by atoms with E-state index in [4.69, 9.17) is 0 Å². The van der Waals surface area contributed by atoms with Gasteiger partial charge in [-0.3, -0.25) is 4.90 Å². The van der Waals surface area contributed by atoms with Crippen LogP contribution < -0.4 is 10.2 Å². The topological polar surface area (TPSA) is 18.5 Å². The van der Waals surface area contributed by atoms with Crippen LogP contribution in [-0.2, 0) is 5.54 Å². The molecule has 3 heteroatoms. The van der Waals surface area contributed by atoms with Gasteiger partial charge >= 0.3 is 0 Å². The molecule has 0 saturated carbocycles. The maximum Gasteiger partial charge on any atom is 0.0427 e. The van der Waals surface area contributed by atoms with Gasteiger partial charge in [-0.15, -0.1) is 0 Å². The van der Waals surface area contributed by atoms with Crippen LogP contribution in [0.25, 0.3) is 0 Å². The van der Waals surface area contributed by atoms with Crippen molar-refractivity contribution in [2.75, 3.05) is 37.6 Å². The molecule has 2 heterocycles. The van der Waals surface area contributed by atoms with Crippen molar-refractivity contribution in [1.82, 2.24) is 10.2 Å². The molecule has 116 valence electrons. The molecule has 1 unspecified atom stereocenters. The SMILES string of the molecule is CC(C)N1CCN(c2ccccc2C2(C)CCCN2)CC1. The number of rotatable bonds is 3. The van der Waals surface area contributed by atoms with E-state index in [9.17, 15) is 0 Å². The Hall–Kier alpha value is -1.06. The standard InChI is InChI=1S/C18H29N3/c1-15(2)20-11-13-21(14-12-20)17-8-5-4-7-16(17)18(3)9-6-10-19-18/h4-5,7-8,15,19H,6,9-14H2,1-3H3. The Bertz CT molecular complexity index is 469. The molecular formula is C18H29N3. The van der Waals surface area contributed by atoms with E-state index < -0.39 is 0 Å². The van der Waals surface area contributed by atoms with Crippen LogP contribution in [0.3, 0.4) is 0 Å². The number of nitrogens with one attached hydrogen (secondary N) is 1. The van der Waals surface area contributed by atoms with E-state index in [1.54, 1.807) is 0 Å². The highest BCUT2D eigenvalue weighted by molar-refractivity contribution is 5.57. The van der Waals surface area contributed by atoms with Crippen molar-refractivity contribution in [1.29, 1.82) is 0 Å². The van der Waals surface area contributed by atoms with Crippen molar-refractivity contribution in [2.24, 2.45) is 0 Å². The first-order valence-electron chi connectivity index (χ1n) is 8.44. The van der Waals surface area contributed by atoms with E-state index in [1.165, 1.54) is 37.2 Å². The zero-order valence-corrected chi connectivity index (χ0v) is 13.7. The molecule has 0 spiro atoms. The van der Waals surface area contributed by atoms with Crippen LogP contribution in [0.15, 0.2) is 24.3 Å². The van der Waals surface area contributed by atoms with Crippen molar-refractivity contribution in [3.63, 3.8) is 0 Å². The van der Waals surface area contributed by atoms with Gasteiger partial charge in [0.2, 0.25) is 0 Å². The molecule has 0 aliphatic carbocycles. The van der Waals surface area contributed by atoms with E-state index in [0.717, 1.165) is 19.6 Å². The van der Waals surface area contributed by atoms with E-state index in [-0.39, 0.29) is 5.54 Å². The average molecular weight is 287 g/mol. The molecule has 2 saturated heterocycles. The van der Waals surface area contributed by atoms with Crippen LogP contribution in [0.1, 0.15) is 39.2 Å². The van der Waals surface area contributed by atoms with Crippen LogP contribution in [-0.4, -0.2) is 43.7 Å². The molecule has 1 aromatic carbocycles. The van der Waals surface area contributed by atoms with E-state index in [1.807, 2.05) is 0 Å². The third kappa shape index (κ3) is 2.95. The van der Waals surface area contributed by atoms with Gasteiger partial charge in [-0.05, 0) is 51.8 Å². The second-order valence-corrected chi connectivity index (χ2v) is 7.00. The summed E-state index contributed by atoms with van der Waals surface area (Å²) in [7, 11) is 0. The number of nitrogens with zero attached hydrogens (tertiary/aromatic N) is 2. The van der Waals surface area contributed by atoms with Gasteiger partial charge in [-0.25, -0.2) is 0 Å². The van der Waals surface area contributed by atoms with Crippen LogP contribution in [0.5, 0.6) is 0 Å². The third-order valence-electron chi connectivity index (χ3n) is 5.25. The van der Waals surface area contributed by atoms with Gasteiger partial charge in [0.05, 0.1) is 0 Å². The summed E-state index contributed by atoms with van der Waals surface area (Å²) in [5.41, 5.74) is 3.09. The molecule has 2 aliphatic rings. The fourth-order valence-corrected chi connectivity index (χ4v) is 3.82.